The summed E-state index contributed by atoms with van der Waals surface area (Å²) in [6.07, 6.45) is 0. The first-order chi connectivity index (χ1) is 10.6. The third-order valence-electron chi connectivity index (χ3n) is 3.25. The summed E-state index contributed by atoms with van der Waals surface area (Å²) in [5.41, 5.74) is 3.10. The molecule has 1 N–H and O–H groups in total. The van der Waals surface area contributed by atoms with Crippen molar-refractivity contribution in [1.29, 1.82) is 0 Å². The Hall–Kier alpha value is -1.87. The monoisotopic (exact) mass is 319 g/mol. The van der Waals surface area contributed by atoms with Crippen LogP contribution in [0.3, 0.4) is 0 Å². The maximum absolute atomic E-state index is 6.15. The third kappa shape index (κ3) is 4.57. The van der Waals surface area contributed by atoms with E-state index in [9.17, 15) is 0 Å². The molecule has 4 heteroatoms. The van der Waals surface area contributed by atoms with E-state index in [4.69, 9.17) is 21.1 Å². The first-order valence-corrected chi connectivity index (χ1v) is 7.84. The van der Waals surface area contributed by atoms with Crippen molar-refractivity contribution in [2.75, 3.05) is 25.1 Å². The highest BCUT2D eigenvalue weighted by molar-refractivity contribution is 6.32. The summed E-state index contributed by atoms with van der Waals surface area (Å²) in [6.45, 7) is 7.92. The zero-order valence-corrected chi connectivity index (χ0v) is 14.0. The molecule has 0 bridgehead atoms. The molecular formula is C18H22ClNO2. The number of anilines is 1. The van der Waals surface area contributed by atoms with Crippen molar-refractivity contribution in [2.24, 2.45) is 0 Å². The van der Waals surface area contributed by atoms with Crippen LogP contribution in [0.15, 0.2) is 36.4 Å². The molecule has 0 radical (unpaired) electrons. The van der Waals surface area contributed by atoms with Gasteiger partial charge < -0.3 is 14.8 Å². The minimum Gasteiger partial charge on any atom is -0.494 e. The average Bonchev–Trinajstić information content (AvgIpc) is 2.50. The molecule has 22 heavy (non-hydrogen) atoms. The van der Waals surface area contributed by atoms with E-state index in [2.05, 4.69) is 5.32 Å². The highest BCUT2D eigenvalue weighted by Gasteiger charge is 2.03. The van der Waals surface area contributed by atoms with Gasteiger partial charge in [0.1, 0.15) is 18.1 Å². The normalized spacial score (nSPS) is 10.4. The fraction of sp³-hybridized carbons (Fsp3) is 0.333. The Bertz CT molecular complexity index is 605. The molecule has 0 amide bonds. The van der Waals surface area contributed by atoms with E-state index < -0.39 is 0 Å². The second kappa shape index (κ2) is 7.95. The number of hydrogen-bond acceptors (Lipinski definition) is 3. The summed E-state index contributed by atoms with van der Waals surface area (Å²) in [7, 11) is 0. The number of halogens is 1. The molecule has 118 valence electrons. The lowest BCUT2D eigenvalue weighted by molar-refractivity contribution is 0.332. The zero-order valence-electron chi connectivity index (χ0n) is 13.3. The first kappa shape index (κ1) is 16.5. The molecule has 3 nitrogen and oxygen atoms in total. The molecule has 0 atom stereocenters. The maximum atomic E-state index is 6.15. The summed E-state index contributed by atoms with van der Waals surface area (Å²) in [5, 5.41) is 4.13. The first-order valence-electron chi connectivity index (χ1n) is 7.46. The molecule has 0 aliphatic carbocycles. The molecule has 0 saturated carbocycles. The van der Waals surface area contributed by atoms with Crippen LogP contribution in [0.1, 0.15) is 18.1 Å². The molecule has 0 saturated heterocycles. The van der Waals surface area contributed by atoms with E-state index in [0.29, 0.717) is 13.2 Å². The highest BCUT2D eigenvalue weighted by atomic mass is 35.5. The predicted octanol–water partition coefficient (Wildman–Crippen LogP) is 4.85. The van der Waals surface area contributed by atoms with Crippen molar-refractivity contribution in [3.05, 3.63) is 52.5 Å². The second-order valence-corrected chi connectivity index (χ2v) is 5.49. The molecule has 0 aliphatic heterocycles. The van der Waals surface area contributed by atoms with Crippen molar-refractivity contribution in [1.82, 2.24) is 0 Å². The van der Waals surface area contributed by atoms with Gasteiger partial charge in [0.25, 0.3) is 0 Å². The lowest BCUT2D eigenvalue weighted by Gasteiger charge is -2.12. The Labute approximate surface area is 137 Å². The van der Waals surface area contributed by atoms with Gasteiger partial charge in [-0.2, -0.15) is 0 Å². The van der Waals surface area contributed by atoms with Gasteiger partial charge >= 0.3 is 0 Å². The van der Waals surface area contributed by atoms with Gasteiger partial charge in [-0.3, -0.25) is 0 Å². The molecule has 2 aromatic rings. The molecule has 2 rings (SSSR count). The van der Waals surface area contributed by atoms with Gasteiger partial charge in [-0.15, -0.1) is 0 Å². The van der Waals surface area contributed by atoms with Crippen LogP contribution < -0.4 is 14.8 Å². The smallest absolute Gasteiger partial charge is 0.121 e. The standard InChI is InChI=1S/C18H22ClNO2/c1-4-21-16-7-5-6-15(12-16)20-8-9-22-17-10-13(2)18(19)14(3)11-17/h5-7,10-12,20H,4,8-9H2,1-3H3. The van der Waals surface area contributed by atoms with E-state index in [1.54, 1.807) is 0 Å². The van der Waals surface area contributed by atoms with Gasteiger partial charge in [-0.1, -0.05) is 17.7 Å². The molecule has 0 unspecified atom stereocenters. The summed E-state index contributed by atoms with van der Waals surface area (Å²) < 4.78 is 11.2. The molecule has 2 aromatic carbocycles. The van der Waals surface area contributed by atoms with Crippen LogP contribution in [0.5, 0.6) is 11.5 Å². The Kier molecular flexibility index (Phi) is 5.96. The van der Waals surface area contributed by atoms with Gasteiger partial charge in [0.05, 0.1) is 6.61 Å². The number of rotatable bonds is 7. The summed E-state index contributed by atoms with van der Waals surface area (Å²) in [6, 6.07) is 11.8. The van der Waals surface area contributed by atoms with Crippen molar-refractivity contribution in [3.63, 3.8) is 0 Å². The summed E-state index contributed by atoms with van der Waals surface area (Å²) in [4.78, 5) is 0. The van der Waals surface area contributed by atoms with Crippen molar-refractivity contribution < 1.29 is 9.47 Å². The van der Waals surface area contributed by atoms with Gasteiger partial charge in [-0.05, 0) is 56.2 Å². The van der Waals surface area contributed by atoms with E-state index in [1.807, 2.05) is 57.2 Å². The van der Waals surface area contributed by atoms with E-state index in [-0.39, 0.29) is 0 Å². The number of ether oxygens (including phenoxy) is 2. The minimum absolute atomic E-state index is 0.583. The quantitative estimate of drug-likeness (QED) is 0.740. The lowest BCUT2D eigenvalue weighted by Crippen LogP contribution is -2.11. The third-order valence-corrected chi connectivity index (χ3v) is 3.85. The second-order valence-electron chi connectivity index (χ2n) is 5.11. The fourth-order valence-corrected chi connectivity index (χ4v) is 2.33. The average molecular weight is 320 g/mol. The Morgan fingerprint density at radius 1 is 1.00 bits per heavy atom. The Morgan fingerprint density at radius 2 is 1.73 bits per heavy atom. The lowest BCUT2D eigenvalue weighted by atomic mass is 10.1. The van der Waals surface area contributed by atoms with E-state index in [1.165, 1.54) is 0 Å². The number of aryl methyl sites for hydroxylation is 2. The van der Waals surface area contributed by atoms with Crippen LogP contribution >= 0.6 is 11.6 Å². The topological polar surface area (TPSA) is 30.5 Å². The van der Waals surface area contributed by atoms with Gasteiger partial charge in [0.2, 0.25) is 0 Å². The number of hydrogen-bond donors (Lipinski definition) is 1. The molecule has 0 heterocycles. The van der Waals surface area contributed by atoms with Crippen LogP contribution in [0.4, 0.5) is 5.69 Å². The maximum Gasteiger partial charge on any atom is 0.121 e. The van der Waals surface area contributed by atoms with Crippen LogP contribution in [0, 0.1) is 13.8 Å². The zero-order chi connectivity index (χ0) is 15.9. The highest BCUT2D eigenvalue weighted by Crippen LogP contribution is 2.25. The molecule has 0 fully saturated rings. The van der Waals surface area contributed by atoms with Crippen molar-refractivity contribution in [3.8, 4) is 11.5 Å². The predicted molar refractivity (Wildman–Crippen MR) is 92.5 cm³/mol. The van der Waals surface area contributed by atoms with Crippen LogP contribution in [-0.4, -0.2) is 19.8 Å². The molecule has 0 aromatic heterocycles. The van der Waals surface area contributed by atoms with Gasteiger partial charge in [-0.25, -0.2) is 0 Å². The molecular weight excluding hydrogens is 298 g/mol. The molecule has 0 spiro atoms. The van der Waals surface area contributed by atoms with Crippen molar-refractivity contribution in [2.45, 2.75) is 20.8 Å². The van der Waals surface area contributed by atoms with Crippen molar-refractivity contribution >= 4 is 17.3 Å². The van der Waals surface area contributed by atoms with Crippen LogP contribution in [0.25, 0.3) is 0 Å². The van der Waals surface area contributed by atoms with Crippen LogP contribution in [0.2, 0.25) is 5.02 Å². The fourth-order valence-electron chi connectivity index (χ4n) is 2.22. The van der Waals surface area contributed by atoms with Crippen LogP contribution in [-0.2, 0) is 0 Å². The van der Waals surface area contributed by atoms with Gasteiger partial charge in [0.15, 0.2) is 0 Å². The molecule has 0 aliphatic rings. The minimum atomic E-state index is 0.583. The van der Waals surface area contributed by atoms with E-state index in [0.717, 1.165) is 39.9 Å². The number of benzene rings is 2. The van der Waals surface area contributed by atoms with Gasteiger partial charge in [0, 0.05) is 23.3 Å². The van der Waals surface area contributed by atoms with E-state index >= 15 is 0 Å². The summed E-state index contributed by atoms with van der Waals surface area (Å²) in [5.74, 6) is 1.72. The Morgan fingerprint density at radius 3 is 2.41 bits per heavy atom. The number of nitrogens with one attached hydrogen (secondary N) is 1. The largest absolute Gasteiger partial charge is 0.494 e. The summed E-state index contributed by atoms with van der Waals surface area (Å²) >= 11 is 6.15. The SMILES string of the molecule is CCOc1cccc(NCCOc2cc(C)c(Cl)c(C)c2)c1. The Balaban J connectivity index is 1.83.